The molecule has 0 aromatic heterocycles. The van der Waals surface area contributed by atoms with Crippen molar-refractivity contribution >= 4 is 38.8 Å². The molecule has 0 atom stereocenters. The Labute approximate surface area is 141 Å². The summed E-state index contributed by atoms with van der Waals surface area (Å²) in [5, 5.41) is 5.97. The molecule has 0 aliphatic rings. The van der Waals surface area contributed by atoms with Gasteiger partial charge < -0.3 is 0 Å². The summed E-state index contributed by atoms with van der Waals surface area (Å²) in [5.74, 6) is -0.643. The van der Waals surface area contributed by atoms with Crippen LogP contribution in [-0.4, -0.2) is 12.1 Å². The lowest BCUT2D eigenvalue weighted by molar-refractivity contribution is 0.0955. The average molecular weight is 371 g/mol. The van der Waals surface area contributed by atoms with Gasteiger partial charge in [0.2, 0.25) is 0 Å². The average Bonchev–Trinajstić information content (AvgIpc) is 2.57. The molecule has 23 heavy (non-hydrogen) atoms. The third kappa shape index (κ3) is 3.63. The molecule has 0 unspecified atom stereocenters. The lowest BCUT2D eigenvalue weighted by atomic mass is 10.1. The summed E-state index contributed by atoms with van der Waals surface area (Å²) in [6.07, 6.45) is 1.46. The van der Waals surface area contributed by atoms with Crippen molar-refractivity contribution in [2.75, 3.05) is 0 Å². The van der Waals surface area contributed by atoms with E-state index in [0.29, 0.717) is 15.6 Å². The fraction of sp³-hybridized carbons (Fsp3) is 0. The first-order valence-electron chi connectivity index (χ1n) is 6.91. The first kappa shape index (κ1) is 15.4. The van der Waals surface area contributed by atoms with E-state index in [9.17, 15) is 9.18 Å². The molecule has 0 aliphatic carbocycles. The van der Waals surface area contributed by atoms with Crippen molar-refractivity contribution in [1.29, 1.82) is 0 Å². The zero-order valence-corrected chi connectivity index (χ0v) is 13.5. The van der Waals surface area contributed by atoms with E-state index in [1.165, 1.54) is 12.3 Å². The van der Waals surface area contributed by atoms with Crippen LogP contribution in [0.25, 0.3) is 10.8 Å². The second-order valence-corrected chi connectivity index (χ2v) is 5.79. The maximum absolute atomic E-state index is 13.1. The van der Waals surface area contributed by atoms with E-state index in [1.54, 1.807) is 18.2 Å². The van der Waals surface area contributed by atoms with Gasteiger partial charge in [-0.2, -0.15) is 5.10 Å². The van der Waals surface area contributed by atoms with Crippen molar-refractivity contribution in [3.63, 3.8) is 0 Å². The van der Waals surface area contributed by atoms with Gasteiger partial charge >= 0.3 is 0 Å². The standard InChI is InChI=1S/C18H12BrFN2O/c19-16-9-12(5-8-17(16)20)11-21-22-18(23)15-7-6-13-3-1-2-4-14(13)10-15/h1-11H,(H,22,23)/b21-11+. The zero-order valence-electron chi connectivity index (χ0n) is 12.0. The number of halogens is 2. The molecular weight excluding hydrogens is 359 g/mol. The molecule has 5 heteroatoms. The van der Waals surface area contributed by atoms with Crippen LogP contribution >= 0.6 is 15.9 Å². The number of nitrogens with one attached hydrogen (secondary N) is 1. The summed E-state index contributed by atoms with van der Waals surface area (Å²) in [4.78, 5) is 12.1. The van der Waals surface area contributed by atoms with Crippen molar-refractivity contribution < 1.29 is 9.18 Å². The van der Waals surface area contributed by atoms with Gasteiger partial charge in [0.25, 0.3) is 5.91 Å². The van der Waals surface area contributed by atoms with Crippen LogP contribution in [0.1, 0.15) is 15.9 Å². The number of rotatable bonds is 3. The number of hydrazone groups is 1. The van der Waals surface area contributed by atoms with E-state index in [-0.39, 0.29) is 11.7 Å². The Kier molecular flexibility index (Phi) is 4.48. The van der Waals surface area contributed by atoms with Gasteiger partial charge in [-0.15, -0.1) is 0 Å². The van der Waals surface area contributed by atoms with Gasteiger partial charge in [-0.05, 0) is 56.5 Å². The van der Waals surface area contributed by atoms with Crippen LogP contribution in [0.3, 0.4) is 0 Å². The van der Waals surface area contributed by atoms with Gasteiger partial charge in [-0.3, -0.25) is 4.79 Å². The first-order chi connectivity index (χ1) is 11.1. The molecule has 0 spiro atoms. The third-order valence-corrected chi connectivity index (χ3v) is 3.94. The van der Waals surface area contributed by atoms with Crippen LogP contribution < -0.4 is 5.43 Å². The molecule has 3 rings (SSSR count). The van der Waals surface area contributed by atoms with Crippen LogP contribution in [-0.2, 0) is 0 Å². The highest BCUT2D eigenvalue weighted by atomic mass is 79.9. The highest BCUT2D eigenvalue weighted by molar-refractivity contribution is 9.10. The summed E-state index contributed by atoms with van der Waals surface area (Å²) < 4.78 is 13.5. The van der Waals surface area contributed by atoms with E-state index in [2.05, 4.69) is 26.5 Å². The Morgan fingerprint density at radius 3 is 2.61 bits per heavy atom. The van der Waals surface area contributed by atoms with Gasteiger partial charge in [-0.1, -0.05) is 36.4 Å². The number of amides is 1. The number of hydrogen-bond acceptors (Lipinski definition) is 2. The van der Waals surface area contributed by atoms with E-state index in [0.717, 1.165) is 10.8 Å². The quantitative estimate of drug-likeness (QED) is 0.534. The molecule has 3 aromatic carbocycles. The molecule has 0 radical (unpaired) electrons. The highest BCUT2D eigenvalue weighted by Crippen LogP contribution is 2.16. The van der Waals surface area contributed by atoms with E-state index < -0.39 is 0 Å². The number of fused-ring (bicyclic) bond motifs is 1. The number of nitrogens with zero attached hydrogens (tertiary/aromatic N) is 1. The van der Waals surface area contributed by atoms with Crippen LogP contribution in [0.15, 0.2) is 70.2 Å². The summed E-state index contributed by atoms with van der Waals surface area (Å²) in [6, 6.07) is 17.8. The molecule has 3 nitrogen and oxygen atoms in total. The number of carbonyl (C=O) groups excluding carboxylic acids is 1. The number of carbonyl (C=O) groups is 1. The predicted molar refractivity (Wildman–Crippen MR) is 93.1 cm³/mol. The fourth-order valence-electron chi connectivity index (χ4n) is 2.15. The Morgan fingerprint density at radius 2 is 1.83 bits per heavy atom. The van der Waals surface area contributed by atoms with Gasteiger partial charge in [0.15, 0.2) is 0 Å². The van der Waals surface area contributed by atoms with Crippen molar-refractivity contribution in [3.8, 4) is 0 Å². The highest BCUT2D eigenvalue weighted by Gasteiger charge is 2.05. The molecule has 114 valence electrons. The molecule has 0 saturated heterocycles. The van der Waals surface area contributed by atoms with E-state index in [4.69, 9.17) is 0 Å². The molecule has 0 bridgehead atoms. The number of hydrogen-bond donors (Lipinski definition) is 1. The molecule has 0 heterocycles. The minimum atomic E-state index is -0.345. The van der Waals surface area contributed by atoms with Crippen LogP contribution in [0, 0.1) is 5.82 Å². The number of benzene rings is 3. The van der Waals surface area contributed by atoms with Gasteiger partial charge in [0, 0.05) is 5.56 Å². The lowest BCUT2D eigenvalue weighted by Crippen LogP contribution is -2.17. The zero-order chi connectivity index (χ0) is 16.2. The smallest absolute Gasteiger partial charge is 0.267 e. The molecule has 0 saturated carbocycles. The summed E-state index contributed by atoms with van der Waals surface area (Å²) in [5.41, 5.74) is 3.67. The van der Waals surface area contributed by atoms with Crippen LogP contribution in [0.5, 0.6) is 0 Å². The topological polar surface area (TPSA) is 41.5 Å². The molecule has 0 fully saturated rings. The first-order valence-corrected chi connectivity index (χ1v) is 7.70. The minimum absolute atomic E-state index is 0.298. The van der Waals surface area contributed by atoms with Crippen molar-refractivity contribution in [3.05, 3.63) is 82.1 Å². The Morgan fingerprint density at radius 1 is 1.04 bits per heavy atom. The molecule has 0 aliphatic heterocycles. The second-order valence-electron chi connectivity index (χ2n) is 4.93. The maximum atomic E-state index is 13.1. The van der Waals surface area contributed by atoms with E-state index in [1.807, 2.05) is 36.4 Å². The Bertz CT molecular complexity index is 908. The Balaban J connectivity index is 1.72. The third-order valence-electron chi connectivity index (χ3n) is 3.34. The summed E-state index contributed by atoms with van der Waals surface area (Å²) >= 11 is 3.10. The largest absolute Gasteiger partial charge is 0.271 e. The molecular formula is C18H12BrFN2O. The lowest BCUT2D eigenvalue weighted by Gasteiger charge is -2.02. The van der Waals surface area contributed by atoms with Crippen molar-refractivity contribution in [1.82, 2.24) is 5.43 Å². The van der Waals surface area contributed by atoms with Gasteiger partial charge in [0.05, 0.1) is 10.7 Å². The summed E-state index contributed by atoms with van der Waals surface area (Å²) in [7, 11) is 0. The minimum Gasteiger partial charge on any atom is -0.267 e. The Hall–Kier alpha value is -2.53. The normalized spacial score (nSPS) is 11.0. The monoisotopic (exact) mass is 370 g/mol. The van der Waals surface area contributed by atoms with Gasteiger partial charge in [0.1, 0.15) is 5.82 Å². The van der Waals surface area contributed by atoms with Crippen molar-refractivity contribution in [2.24, 2.45) is 5.10 Å². The predicted octanol–water partition coefficient (Wildman–Crippen LogP) is 4.51. The maximum Gasteiger partial charge on any atom is 0.271 e. The SMILES string of the molecule is O=C(N/N=C/c1ccc(F)c(Br)c1)c1ccc2ccccc2c1. The second kappa shape index (κ2) is 6.71. The van der Waals surface area contributed by atoms with E-state index >= 15 is 0 Å². The van der Waals surface area contributed by atoms with Gasteiger partial charge in [-0.25, -0.2) is 9.82 Å². The van der Waals surface area contributed by atoms with Crippen LogP contribution in [0.2, 0.25) is 0 Å². The fourth-order valence-corrected chi connectivity index (χ4v) is 2.55. The molecule has 1 N–H and O–H groups in total. The molecule has 1 amide bonds. The summed E-state index contributed by atoms with van der Waals surface area (Å²) in [6.45, 7) is 0. The molecule has 3 aromatic rings. The van der Waals surface area contributed by atoms with Crippen LogP contribution in [0.4, 0.5) is 4.39 Å². The van der Waals surface area contributed by atoms with Crippen molar-refractivity contribution in [2.45, 2.75) is 0 Å².